The van der Waals surface area contributed by atoms with Gasteiger partial charge in [-0.05, 0) is 55.0 Å². The number of fused-ring (bicyclic) bond motifs is 1. The number of carbonyl (C=O) groups is 2. The first kappa shape index (κ1) is 21.6. The Morgan fingerprint density at radius 1 is 0.935 bits per heavy atom. The molecule has 0 bridgehead atoms. The highest BCUT2D eigenvalue weighted by Gasteiger charge is 2.30. The van der Waals surface area contributed by atoms with Gasteiger partial charge in [-0.25, -0.2) is 8.42 Å². The van der Waals surface area contributed by atoms with E-state index in [1.807, 2.05) is 18.2 Å². The number of carbonyl (C=O) groups excluding carboxylic acids is 2. The van der Waals surface area contributed by atoms with Crippen LogP contribution in [0, 0.1) is 0 Å². The first-order valence-electron chi connectivity index (χ1n) is 10.8. The molecule has 164 valence electrons. The van der Waals surface area contributed by atoms with Crippen molar-refractivity contribution in [3.05, 3.63) is 59.4 Å². The summed E-state index contributed by atoms with van der Waals surface area (Å²) in [5.41, 5.74) is 3.27. The van der Waals surface area contributed by atoms with Crippen molar-refractivity contribution in [1.82, 2.24) is 14.2 Å². The maximum Gasteiger partial charge on any atom is 0.244 e. The number of piperazine rings is 1. The van der Waals surface area contributed by atoms with E-state index in [4.69, 9.17) is 0 Å². The molecule has 0 radical (unpaired) electrons. The van der Waals surface area contributed by atoms with Crippen LogP contribution in [0.4, 0.5) is 0 Å². The fourth-order valence-electron chi connectivity index (χ4n) is 4.26. The van der Waals surface area contributed by atoms with Crippen LogP contribution in [0.15, 0.2) is 47.6 Å². The molecule has 1 fully saturated rings. The van der Waals surface area contributed by atoms with Gasteiger partial charge in [0.1, 0.15) is 4.90 Å². The van der Waals surface area contributed by atoms with Crippen LogP contribution >= 0.6 is 0 Å². The number of pyridine rings is 1. The molecule has 2 heterocycles. The highest BCUT2D eigenvalue weighted by atomic mass is 32.2. The first-order chi connectivity index (χ1) is 14.9. The lowest BCUT2D eigenvalue weighted by atomic mass is 9.89. The van der Waals surface area contributed by atoms with Crippen LogP contribution in [0.2, 0.25) is 0 Å². The number of ketones is 1. The summed E-state index contributed by atoms with van der Waals surface area (Å²) in [5.74, 6) is -0.121. The molecule has 0 N–H and O–H groups in total. The number of sulfonamides is 1. The molecule has 0 saturated carbocycles. The fourth-order valence-corrected chi connectivity index (χ4v) is 5.64. The Bertz CT molecular complexity index is 1060. The van der Waals surface area contributed by atoms with Crippen LogP contribution in [-0.2, 0) is 27.7 Å². The monoisotopic (exact) mass is 441 g/mol. The predicted molar refractivity (Wildman–Crippen MR) is 116 cm³/mol. The molecule has 0 spiro atoms. The van der Waals surface area contributed by atoms with Gasteiger partial charge in [0.05, 0.1) is 0 Å². The van der Waals surface area contributed by atoms with E-state index in [1.165, 1.54) is 40.3 Å². The quantitative estimate of drug-likeness (QED) is 0.643. The van der Waals surface area contributed by atoms with Crippen molar-refractivity contribution in [3.63, 3.8) is 0 Å². The summed E-state index contributed by atoms with van der Waals surface area (Å²) in [7, 11) is -3.60. The Hall–Kier alpha value is -2.58. The molecule has 0 atom stereocenters. The molecule has 1 aromatic carbocycles. The minimum atomic E-state index is -3.60. The van der Waals surface area contributed by atoms with E-state index in [1.54, 1.807) is 11.0 Å². The summed E-state index contributed by atoms with van der Waals surface area (Å²) in [6.45, 7) is 1.13. The summed E-state index contributed by atoms with van der Waals surface area (Å²) in [4.78, 5) is 30.9. The van der Waals surface area contributed by atoms with E-state index in [9.17, 15) is 18.0 Å². The average Bonchev–Trinajstić information content (AvgIpc) is 2.82. The first-order valence-corrected chi connectivity index (χ1v) is 12.2. The Morgan fingerprint density at radius 3 is 2.39 bits per heavy atom. The van der Waals surface area contributed by atoms with Crippen LogP contribution in [0.3, 0.4) is 0 Å². The largest absolute Gasteiger partial charge is 0.340 e. The topological polar surface area (TPSA) is 87.7 Å². The van der Waals surface area contributed by atoms with Gasteiger partial charge in [0, 0.05) is 57.0 Å². The summed E-state index contributed by atoms with van der Waals surface area (Å²) >= 11 is 0. The van der Waals surface area contributed by atoms with E-state index in [-0.39, 0.29) is 42.5 Å². The molecule has 1 amide bonds. The minimum Gasteiger partial charge on any atom is -0.340 e. The van der Waals surface area contributed by atoms with Crippen LogP contribution in [0.5, 0.6) is 0 Å². The number of hydrogen-bond donors (Lipinski definition) is 0. The predicted octanol–water partition coefficient (Wildman–Crippen LogP) is 2.46. The lowest BCUT2D eigenvalue weighted by molar-refractivity contribution is -0.132. The van der Waals surface area contributed by atoms with Crippen molar-refractivity contribution in [3.8, 4) is 0 Å². The number of Topliss-reactive ketones (excluding diaryl/α,β-unsaturated/α-hetero) is 1. The van der Waals surface area contributed by atoms with E-state index < -0.39 is 10.0 Å². The van der Waals surface area contributed by atoms with Crippen molar-refractivity contribution in [2.24, 2.45) is 0 Å². The third-order valence-corrected chi connectivity index (χ3v) is 7.98. The summed E-state index contributed by atoms with van der Waals surface area (Å²) < 4.78 is 26.7. The number of amides is 1. The molecule has 2 aromatic rings. The second kappa shape index (κ2) is 9.28. The number of nitrogens with zero attached hydrogens (tertiary/aromatic N) is 3. The van der Waals surface area contributed by atoms with Gasteiger partial charge < -0.3 is 4.90 Å². The molecule has 1 aliphatic heterocycles. The average molecular weight is 442 g/mol. The maximum atomic E-state index is 12.7. The SMILES string of the molecule is O=C(CCC(=O)N1CCN(S(=O)(=O)c2cccnc2)CC1)c1ccc2c(c1)CCCC2. The zero-order valence-electron chi connectivity index (χ0n) is 17.5. The van der Waals surface area contributed by atoms with E-state index in [2.05, 4.69) is 4.98 Å². The second-order valence-corrected chi connectivity index (χ2v) is 10.0. The Morgan fingerprint density at radius 2 is 1.68 bits per heavy atom. The van der Waals surface area contributed by atoms with Crippen molar-refractivity contribution in [2.45, 2.75) is 43.4 Å². The number of aryl methyl sites for hydroxylation is 2. The van der Waals surface area contributed by atoms with Crippen LogP contribution in [-0.4, -0.2) is 60.5 Å². The number of benzene rings is 1. The van der Waals surface area contributed by atoms with Gasteiger partial charge in [-0.3, -0.25) is 14.6 Å². The third-order valence-electron chi connectivity index (χ3n) is 6.10. The highest BCUT2D eigenvalue weighted by Crippen LogP contribution is 2.23. The zero-order chi connectivity index (χ0) is 21.8. The molecule has 1 aromatic heterocycles. The smallest absolute Gasteiger partial charge is 0.244 e. The molecular weight excluding hydrogens is 414 g/mol. The van der Waals surface area contributed by atoms with Crippen molar-refractivity contribution in [1.29, 1.82) is 0 Å². The third kappa shape index (κ3) is 4.85. The van der Waals surface area contributed by atoms with E-state index in [0.29, 0.717) is 18.7 Å². The van der Waals surface area contributed by atoms with Gasteiger partial charge >= 0.3 is 0 Å². The summed E-state index contributed by atoms with van der Waals surface area (Å²) in [5, 5.41) is 0. The van der Waals surface area contributed by atoms with Crippen molar-refractivity contribution in [2.75, 3.05) is 26.2 Å². The van der Waals surface area contributed by atoms with Gasteiger partial charge in [0.25, 0.3) is 0 Å². The molecule has 4 rings (SSSR count). The standard InChI is InChI=1S/C23H27N3O4S/c27-22(20-8-7-18-4-1-2-5-19(18)16-20)9-10-23(28)25-12-14-26(15-13-25)31(29,30)21-6-3-11-24-17-21/h3,6-8,11,16-17H,1-2,4-5,9-10,12-15H2. The summed E-state index contributed by atoms with van der Waals surface area (Å²) in [6.07, 6.45) is 7.63. The van der Waals surface area contributed by atoms with Gasteiger partial charge in [-0.1, -0.05) is 12.1 Å². The molecule has 31 heavy (non-hydrogen) atoms. The van der Waals surface area contributed by atoms with Gasteiger partial charge in [0.15, 0.2) is 5.78 Å². The number of hydrogen-bond acceptors (Lipinski definition) is 5. The molecule has 0 unspecified atom stereocenters. The Kier molecular flexibility index (Phi) is 6.48. The van der Waals surface area contributed by atoms with E-state index in [0.717, 1.165) is 19.3 Å². The Labute approximate surface area is 183 Å². The number of rotatable bonds is 6. The van der Waals surface area contributed by atoms with Crippen molar-refractivity contribution < 1.29 is 18.0 Å². The van der Waals surface area contributed by atoms with Crippen LogP contribution in [0.1, 0.15) is 47.2 Å². The van der Waals surface area contributed by atoms with Crippen molar-refractivity contribution >= 4 is 21.7 Å². The molecule has 2 aliphatic rings. The number of aromatic nitrogens is 1. The highest BCUT2D eigenvalue weighted by molar-refractivity contribution is 7.89. The fraction of sp³-hybridized carbons (Fsp3) is 0.435. The molecule has 7 nitrogen and oxygen atoms in total. The zero-order valence-corrected chi connectivity index (χ0v) is 18.3. The second-order valence-electron chi connectivity index (χ2n) is 8.09. The molecular formula is C23H27N3O4S. The molecule has 1 saturated heterocycles. The van der Waals surface area contributed by atoms with Crippen LogP contribution in [0.25, 0.3) is 0 Å². The maximum absolute atomic E-state index is 12.7. The van der Waals surface area contributed by atoms with Gasteiger partial charge in [-0.2, -0.15) is 4.31 Å². The lowest BCUT2D eigenvalue weighted by Gasteiger charge is -2.34. The molecule has 8 heteroatoms. The van der Waals surface area contributed by atoms with Gasteiger partial charge in [-0.15, -0.1) is 0 Å². The molecule has 1 aliphatic carbocycles. The van der Waals surface area contributed by atoms with Crippen LogP contribution < -0.4 is 0 Å². The normalized spacial score (nSPS) is 17.2. The summed E-state index contributed by atoms with van der Waals surface area (Å²) in [6, 6.07) is 9.02. The van der Waals surface area contributed by atoms with Gasteiger partial charge in [0.2, 0.25) is 15.9 Å². The lowest BCUT2D eigenvalue weighted by Crippen LogP contribution is -2.50. The van der Waals surface area contributed by atoms with E-state index >= 15 is 0 Å². The Balaban J connectivity index is 1.29. The minimum absolute atomic E-state index is 0.0143.